The third-order valence-electron chi connectivity index (χ3n) is 3.48. The van der Waals surface area contributed by atoms with Crippen LogP contribution in [-0.4, -0.2) is 28.4 Å². The predicted molar refractivity (Wildman–Crippen MR) is 93.7 cm³/mol. The van der Waals surface area contributed by atoms with E-state index in [0.717, 1.165) is 22.6 Å². The quantitative estimate of drug-likeness (QED) is 0.764. The van der Waals surface area contributed by atoms with E-state index in [2.05, 4.69) is 10.3 Å². The number of aliphatic hydroxyl groups excluding tert-OH is 1. The van der Waals surface area contributed by atoms with Crippen LogP contribution >= 0.6 is 11.8 Å². The molecule has 0 aliphatic heterocycles. The van der Waals surface area contributed by atoms with Gasteiger partial charge in [-0.05, 0) is 55.3 Å². The molecule has 0 aliphatic rings. The highest BCUT2D eigenvalue weighted by Gasteiger charge is 2.15. The molecule has 0 fully saturated rings. The molecule has 4 nitrogen and oxygen atoms in total. The van der Waals surface area contributed by atoms with E-state index in [9.17, 15) is 4.79 Å². The zero-order valence-electron chi connectivity index (χ0n) is 13.5. The number of amides is 1. The van der Waals surface area contributed by atoms with Crippen molar-refractivity contribution < 1.29 is 9.90 Å². The number of nitrogens with zero attached hydrogens (tertiary/aromatic N) is 1. The van der Waals surface area contributed by atoms with Crippen molar-refractivity contribution in [2.75, 3.05) is 12.4 Å². The van der Waals surface area contributed by atoms with Gasteiger partial charge < -0.3 is 10.4 Å². The molecule has 1 aromatic carbocycles. The zero-order valence-corrected chi connectivity index (χ0v) is 14.3. The minimum absolute atomic E-state index is 0.0918. The van der Waals surface area contributed by atoms with Crippen molar-refractivity contribution in [1.82, 2.24) is 10.3 Å². The Morgan fingerprint density at radius 1 is 1.30 bits per heavy atom. The van der Waals surface area contributed by atoms with Crippen molar-refractivity contribution in [1.29, 1.82) is 0 Å². The Hall–Kier alpha value is -1.85. The number of aryl methyl sites for hydroxylation is 1. The fourth-order valence-corrected chi connectivity index (χ4v) is 2.90. The summed E-state index contributed by atoms with van der Waals surface area (Å²) in [5, 5.41) is 11.9. The first kappa shape index (κ1) is 17.5. The largest absolute Gasteiger partial charge is 0.396 e. The van der Waals surface area contributed by atoms with E-state index < -0.39 is 0 Å². The summed E-state index contributed by atoms with van der Waals surface area (Å²) in [5.41, 5.74) is 2.65. The van der Waals surface area contributed by atoms with Crippen LogP contribution in [0.1, 0.15) is 41.0 Å². The Morgan fingerprint density at radius 2 is 2.04 bits per heavy atom. The second-order valence-corrected chi connectivity index (χ2v) is 6.46. The molecule has 1 amide bonds. The molecular formula is C18H22N2O2S. The Balaban J connectivity index is 2.04. The SMILES string of the molecule is CC[C@@H](NC(=O)c1ccc(SCCO)cc1)c1cc(C)ccn1. The summed E-state index contributed by atoms with van der Waals surface area (Å²) in [5.74, 6) is 0.557. The minimum atomic E-state index is -0.0983. The molecule has 0 bridgehead atoms. The summed E-state index contributed by atoms with van der Waals surface area (Å²) in [4.78, 5) is 17.8. The number of benzene rings is 1. The predicted octanol–water partition coefficient (Wildman–Crippen LogP) is 3.36. The zero-order chi connectivity index (χ0) is 16.7. The fourth-order valence-electron chi connectivity index (χ4n) is 2.24. The van der Waals surface area contributed by atoms with Gasteiger partial charge in [0, 0.05) is 22.4 Å². The number of carbonyl (C=O) groups is 1. The lowest BCUT2D eigenvalue weighted by atomic mass is 10.1. The Morgan fingerprint density at radius 3 is 2.65 bits per heavy atom. The molecule has 1 atom stereocenters. The summed E-state index contributed by atoms with van der Waals surface area (Å²) in [7, 11) is 0. The number of thioether (sulfide) groups is 1. The molecule has 2 N–H and O–H groups in total. The van der Waals surface area contributed by atoms with E-state index >= 15 is 0 Å². The maximum atomic E-state index is 12.4. The number of hydrogen-bond acceptors (Lipinski definition) is 4. The highest BCUT2D eigenvalue weighted by Crippen LogP contribution is 2.19. The molecule has 23 heavy (non-hydrogen) atoms. The summed E-state index contributed by atoms with van der Waals surface area (Å²) in [6, 6.07) is 11.3. The molecule has 1 heterocycles. The molecular weight excluding hydrogens is 308 g/mol. The Labute approximate surface area is 141 Å². The highest BCUT2D eigenvalue weighted by atomic mass is 32.2. The van der Waals surface area contributed by atoms with E-state index in [0.29, 0.717) is 11.3 Å². The van der Waals surface area contributed by atoms with Gasteiger partial charge in [0.2, 0.25) is 0 Å². The third-order valence-corrected chi connectivity index (χ3v) is 4.48. The van der Waals surface area contributed by atoms with Crippen molar-refractivity contribution >= 4 is 17.7 Å². The first-order chi connectivity index (χ1) is 11.1. The van der Waals surface area contributed by atoms with Crippen molar-refractivity contribution in [2.24, 2.45) is 0 Å². The third kappa shape index (κ3) is 5.08. The normalized spacial score (nSPS) is 12.0. The van der Waals surface area contributed by atoms with Gasteiger partial charge in [-0.3, -0.25) is 9.78 Å². The van der Waals surface area contributed by atoms with Crippen molar-refractivity contribution in [2.45, 2.75) is 31.2 Å². The van der Waals surface area contributed by atoms with Gasteiger partial charge in [-0.25, -0.2) is 0 Å². The number of pyridine rings is 1. The lowest BCUT2D eigenvalue weighted by molar-refractivity contribution is 0.0934. The molecule has 2 rings (SSSR count). The highest BCUT2D eigenvalue weighted by molar-refractivity contribution is 7.99. The van der Waals surface area contributed by atoms with Crippen molar-refractivity contribution in [3.8, 4) is 0 Å². The van der Waals surface area contributed by atoms with E-state index in [4.69, 9.17) is 5.11 Å². The van der Waals surface area contributed by atoms with Gasteiger partial charge in [0.15, 0.2) is 0 Å². The van der Waals surface area contributed by atoms with Crippen LogP contribution in [0.5, 0.6) is 0 Å². The number of carbonyl (C=O) groups excluding carboxylic acids is 1. The van der Waals surface area contributed by atoms with Crippen LogP contribution in [-0.2, 0) is 0 Å². The van der Waals surface area contributed by atoms with Crippen LogP contribution in [0.2, 0.25) is 0 Å². The standard InChI is InChI=1S/C18H22N2O2S/c1-3-16(17-12-13(2)8-9-19-17)20-18(22)14-4-6-15(7-5-14)23-11-10-21/h4-9,12,16,21H,3,10-11H2,1-2H3,(H,20,22)/t16-/m1/s1. The molecule has 122 valence electrons. The topological polar surface area (TPSA) is 62.2 Å². The van der Waals surface area contributed by atoms with E-state index in [-0.39, 0.29) is 18.6 Å². The Kier molecular flexibility index (Phi) is 6.62. The molecule has 0 saturated heterocycles. The Bertz CT molecular complexity index is 644. The van der Waals surface area contributed by atoms with Crippen LogP contribution in [0.15, 0.2) is 47.5 Å². The number of aromatic nitrogens is 1. The molecule has 0 spiro atoms. The lowest BCUT2D eigenvalue weighted by Gasteiger charge is -2.17. The van der Waals surface area contributed by atoms with Crippen LogP contribution < -0.4 is 5.32 Å². The van der Waals surface area contributed by atoms with E-state index in [1.165, 1.54) is 0 Å². The fraction of sp³-hybridized carbons (Fsp3) is 0.333. The molecule has 5 heteroatoms. The van der Waals surface area contributed by atoms with E-state index in [1.807, 2.05) is 50.2 Å². The monoisotopic (exact) mass is 330 g/mol. The molecule has 1 aromatic heterocycles. The van der Waals surface area contributed by atoms with Gasteiger partial charge in [0.25, 0.3) is 5.91 Å². The average molecular weight is 330 g/mol. The van der Waals surface area contributed by atoms with Crippen molar-refractivity contribution in [3.05, 3.63) is 59.4 Å². The van der Waals surface area contributed by atoms with Gasteiger partial charge in [0.05, 0.1) is 18.3 Å². The maximum Gasteiger partial charge on any atom is 0.251 e. The van der Waals surface area contributed by atoms with Crippen molar-refractivity contribution in [3.63, 3.8) is 0 Å². The second kappa shape index (κ2) is 8.70. The smallest absolute Gasteiger partial charge is 0.251 e. The summed E-state index contributed by atoms with van der Waals surface area (Å²) in [6.45, 7) is 4.20. The molecule has 0 aliphatic carbocycles. The van der Waals surface area contributed by atoms with Gasteiger partial charge >= 0.3 is 0 Å². The summed E-state index contributed by atoms with van der Waals surface area (Å²) in [6.07, 6.45) is 2.55. The number of hydrogen-bond donors (Lipinski definition) is 2. The summed E-state index contributed by atoms with van der Waals surface area (Å²) < 4.78 is 0. The van der Waals surface area contributed by atoms with Crippen LogP contribution in [0.4, 0.5) is 0 Å². The average Bonchev–Trinajstić information content (AvgIpc) is 2.58. The van der Waals surface area contributed by atoms with Gasteiger partial charge in [-0.1, -0.05) is 6.92 Å². The minimum Gasteiger partial charge on any atom is -0.396 e. The first-order valence-corrected chi connectivity index (χ1v) is 8.69. The molecule has 0 radical (unpaired) electrons. The van der Waals surface area contributed by atoms with Crippen LogP contribution in [0.25, 0.3) is 0 Å². The second-order valence-electron chi connectivity index (χ2n) is 5.29. The van der Waals surface area contributed by atoms with Gasteiger partial charge in [-0.15, -0.1) is 11.8 Å². The number of rotatable bonds is 7. The number of aliphatic hydroxyl groups is 1. The van der Waals surface area contributed by atoms with Crippen LogP contribution in [0.3, 0.4) is 0 Å². The van der Waals surface area contributed by atoms with Gasteiger partial charge in [0.1, 0.15) is 0 Å². The molecule has 2 aromatic rings. The van der Waals surface area contributed by atoms with Crippen LogP contribution in [0, 0.1) is 6.92 Å². The maximum absolute atomic E-state index is 12.4. The first-order valence-electron chi connectivity index (χ1n) is 7.71. The number of nitrogens with one attached hydrogen (secondary N) is 1. The summed E-state index contributed by atoms with van der Waals surface area (Å²) >= 11 is 1.57. The molecule has 0 saturated carbocycles. The van der Waals surface area contributed by atoms with Gasteiger partial charge in [-0.2, -0.15) is 0 Å². The van der Waals surface area contributed by atoms with E-state index in [1.54, 1.807) is 18.0 Å². The molecule has 0 unspecified atom stereocenters. The lowest BCUT2D eigenvalue weighted by Crippen LogP contribution is -2.28.